The fraction of sp³-hybridized carbons (Fsp3) is 0.765. The summed E-state index contributed by atoms with van der Waals surface area (Å²) in [5, 5.41) is 3.43. The van der Waals surface area contributed by atoms with Crippen molar-refractivity contribution in [1.82, 2.24) is 10.2 Å². The highest BCUT2D eigenvalue weighted by atomic mass is 16.3. The number of furan rings is 1. The van der Waals surface area contributed by atoms with Crippen molar-refractivity contribution in [3.8, 4) is 0 Å². The summed E-state index contributed by atoms with van der Waals surface area (Å²) in [6.45, 7) is 7.75. The fourth-order valence-corrected chi connectivity index (χ4v) is 4.00. The zero-order valence-electron chi connectivity index (χ0n) is 13.5. The Morgan fingerprint density at radius 1 is 1.50 bits per heavy atom. The summed E-state index contributed by atoms with van der Waals surface area (Å²) in [6, 6.07) is 2.10. The maximum absolute atomic E-state index is 5.41. The molecule has 0 saturated heterocycles. The lowest BCUT2D eigenvalue weighted by Gasteiger charge is -2.42. The van der Waals surface area contributed by atoms with E-state index in [9.17, 15) is 0 Å². The van der Waals surface area contributed by atoms with Gasteiger partial charge in [0.25, 0.3) is 0 Å². The molecule has 2 atom stereocenters. The first kappa shape index (κ1) is 15.6. The maximum Gasteiger partial charge on any atom is 0.105 e. The van der Waals surface area contributed by atoms with Gasteiger partial charge in [0.1, 0.15) is 5.76 Å². The number of hydrogen-bond donors (Lipinski definition) is 1. The molecule has 20 heavy (non-hydrogen) atoms. The largest absolute Gasteiger partial charge is 0.469 e. The van der Waals surface area contributed by atoms with Crippen molar-refractivity contribution in [2.45, 2.75) is 46.1 Å². The standard InChI is InChI=1S/C17H30N2O/c1-14-6-5-8-17(10-14,12-18-3)13-19(4)11-16-7-9-20-15(16)2/h7,9,14,18H,5-6,8,10-13H2,1-4H3. The van der Waals surface area contributed by atoms with Crippen LogP contribution in [0, 0.1) is 18.3 Å². The highest BCUT2D eigenvalue weighted by molar-refractivity contribution is 5.15. The van der Waals surface area contributed by atoms with Gasteiger partial charge in [0, 0.05) is 25.2 Å². The molecule has 2 unspecified atom stereocenters. The lowest BCUT2D eigenvalue weighted by molar-refractivity contribution is 0.0908. The lowest BCUT2D eigenvalue weighted by Crippen LogP contribution is -2.44. The van der Waals surface area contributed by atoms with E-state index in [1.54, 1.807) is 6.26 Å². The van der Waals surface area contributed by atoms with Crippen LogP contribution in [0.4, 0.5) is 0 Å². The molecule has 0 radical (unpaired) electrons. The topological polar surface area (TPSA) is 28.4 Å². The number of aryl methyl sites for hydroxylation is 1. The molecule has 0 aromatic carbocycles. The highest BCUT2D eigenvalue weighted by Gasteiger charge is 2.35. The van der Waals surface area contributed by atoms with E-state index in [0.29, 0.717) is 5.41 Å². The van der Waals surface area contributed by atoms with Crippen LogP contribution in [0.2, 0.25) is 0 Å². The predicted molar refractivity (Wildman–Crippen MR) is 83.8 cm³/mol. The van der Waals surface area contributed by atoms with Gasteiger partial charge < -0.3 is 14.6 Å². The van der Waals surface area contributed by atoms with E-state index >= 15 is 0 Å². The van der Waals surface area contributed by atoms with Crippen LogP contribution < -0.4 is 5.32 Å². The monoisotopic (exact) mass is 278 g/mol. The van der Waals surface area contributed by atoms with Crippen molar-refractivity contribution < 1.29 is 4.42 Å². The number of nitrogens with zero attached hydrogens (tertiary/aromatic N) is 1. The molecule has 1 fully saturated rings. The first-order chi connectivity index (χ1) is 9.54. The van der Waals surface area contributed by atoms with Crippen molar-refractivity contribution in [1.29, 1.82) is 0 Å². The van der Waals surface area contributed by atoms with Crippen molar-refractivity contribution in [3.05, 3.63) is 23.7 Å². The minimum absolute atomic E-state index is 0.443. The van der Waals surface area contributed by atoms with Gasteiger partial charge in [-0.25, -0.2) is 0 Å². The number of hydrogen-bond acceptors (Lipinski definition) is 3. The van der Waals surface area contributed by atoms with Gasteiger partial charge in [0.15, 0.2) is 0 Å². The summed E-state index contributed by atoms with van der Waals surface area (Å²) in [5.41, 5.74) is 1.76. The van der Waals surface area contributed by atoms with Crippen molar-refractivity contribution in [2.75, 3.05) is 27.2 Å². The van der Waals surface area contributed by atoms with E-state index in [-0.39, 0.29) is 0 Å². The van der Waals surface area contributed by atoms with Gasteiger partial charge in [0.05, 0.1) is 6.26 Å². The number of nitrogens with one attached hydrogen (secondary N) is 1. The van der Waals surface area contributed by atoms with Crippen LogP contribution in [0.1, 0.15) is 43.9 Å². The predicted octanol–water partition coefficient (Wildman–Crippen LogP) is 3.44. The second-order valence-corrected chi connectivity index (χ2v) is 6.91. The van der Waals surface area contributed by atoms with Gasteiger partial charge in [-0.3, -0.25) is 0 Å². The third-order valence-corrected chi connectivity index (χ3v) is 4.75. The maximum atomic E-state index is 5.41. The second kappa shape index (κ2) is 6.77. The van der Waals surface area contributed by atoms with E-state index in [4.69, 9.17) is 4.42 Å². The van der Waals surface area contributed by atoms with Crippen LogP contribution in [0.3, 0.4) is 0 Å². The summed E-state index contributed by atoms with van der Waals surface area (Å²) >= 11 is 0. The zero-order chi connectivity index (χ0) is 14.6. The van der Waals surface area contributed by atoms with Crippen LogP contribution in [-0.4, -0.2) is 32.1 Å². The van der Waals surface area contributed by atoms with Crippen LogP contribution in [0.5, 0.6) is 0 Å². The Labute approximate surface area is 123 Å². The molecule has 1 aromatic heterocycles. The van der Waals surface area contributed by atoms with Gasteiger partial charge in [-0.15, -0.1) is 0 Å². The summed E-state index contributed by atoms with van der Waals surface area (Å²) in [7, 11) is 4.32. The minimum Gasteiger partial charge on any atom is -0.469 e. The van der Waals surface area contributed by atoms with E-state index in [1.165, 1.54) is 37.8 Å². The van der Waals surface area contributed by atoms with Crippen LogP contribution in [0.25, 0.3) is 0 Å². The minimum atomic E-state index is 0.443. The number of rotatable bonds is 6. The van der Waals surface area contributed by atoms with Gasteiger partial charge in [-0.2, -0.15) is 0 Å². The van der Waals surface area contributed by atoms with Crippen LogP contribution >= 0.6 is 0 Å². The average Bonchev–Trinajstić information content (AvgIpc) is 2.74. The quantitative estimate of drug-likeness (QED) is 0.864. The Balaban J connectivity index is 1.98. The fourth-order valence-electron chi connectivity index (χ4n) is 4.00. The first-order valence-electron chi connectivity index (χ1n) is 7.91. The molecule has 0 spiro atoms. The van der Waals surface area contributed by atoms with Gasteiger partial charge in [-0.05, 0) is 51.3 Å². The summed E-state index contributed by atoms with van der Waals surface area (Å²) in [4.78, 5) is 2.47. The molecule has 3 heteroatoms. The van der Waals surface area contributed by atoms with Crippen molar-refractivity contribution in [3.63, 3.8) is 0 Å². The van der Waals surface area contributed by atoms with Gasteiger partial charge >= 0.3 is 0 Å². The van der Waals surface area contributed by atoms with Gasteiger partial charge in [0.2, 0.25) is 0 Å². The molecule has 2 rings (SSSR count). The molecule has 1 saturated carbocycles. The highest BCUT2D eigenvalue weighted by Crippen LogP contribution is 2.39. The van der Waals surface area contributed by atoms with Gasteiger partial charge in [-0.1, -0.05) is 19.8 Å². The molecule has 1 N–H and O–H groups in total. The molecule has 1 aliphatic carbocycles. The van der Waals surface area contributed by atoms with E-state index in [2.05, 4.69) is 44.2 Å². The van der Waals surface area contributed by atoms with E-state index in [1.807, 2.05) is 0 Å². The Kier molecular flexibility index (Phi) is 5.28. The normalized spacial score (nSPS) is 27.1. The Hall–Kier alpha value is -0.800. The molecule has 1 heterocycles. The van der Waals surface area contributed by atoms with Crippen LogP contribution in [-0.2, 0) is 6.54 Å². The Morgan fingerprint density at radius 2 is 2.30 bits per heavy atom. The third-order valence-electron chi connectivity index (χ3n) is 4.75. The molecule has 1 aromatic rings. The molecule has 0 bridgehead atoms. The SMILES string of the molecule is CNCC1(CN(C)Cc2ccoc2C)CCCC(C)C1. The van der Waals surface area contributed by atoms with Crippen LogP contribution in [0.15, 0.2) is 16.7 Å². The zero-order valence-corrected chi connectivity index (χ0v) is 13.5. The molecular formula is C17H30N2O. The first-order valence-corrected chi connectivity index (χ1v) is 7.91. The molecule has 0 amide bonds. The van der Waals surface area contributed by atoms with Crippen molar-refractivity contribution in [2.24, 2.45) is 11.3 Å². The summed E-state index contributed by atoms with van der Waals surface area (Å²) < 4.78 is 5.41. The molecule has 114 valence electrons. The van der Waals surface area contributed by atoms with E-state index < -0.39 is 0 Å². The summed E-state index contributed by atoms with van der Waals surface area (Å²) in [5.74, 6) is 1.91. The summed E-state index contributed by atoms with van der Waals surface area (Å²) in [6.07, 6.45) is 7.28. The average molecular weight is 278 g/mol. The smallest absolute Gasteiger partial charge is 0.105 e. The lowest BCUT2D eigenvalue weighted by atomic mass is 9.69. The van der Waals surface area contributed by atoms with E-state index in [0.717, 1.165) is 24.8 Å². The second-order valence-electron chi connectivity index (χ2n) is 6.91. The Bertz CT molecular complexity index is 411. The van der Waals surface area contributed by atoms with Crippen molar-refractivity contribution >= 4 is 0 Å². The Morgan fingerprint density at radius 3 is 2.90 bits per heavy atom. The molecule has 1 aliphatic rings. The molecule has 0 aliphatic heterocycles. The third kappa shape index (κ3) is 3.86. The molecular weight excluding hydrogens is 248 g/mol. The molecule has 3 nitrogen and oxygen atoms in total.